The van der Waals surface area contributed by atoms with Crippen molar-refractivity contribution < 1.29 is 0 Å². The minimum absolute atomic E-state index is 1.30. The van der Waals surface area contributed by atoms with Gasteiger partial charge in [-0.2, -0.15) is 0 Å². The molecule has 0 aromatic heterocycles. The van der Waals surface area contributed by atoms with Gasteiger partial charge in [0.2, 0.25) is 0 Å². The number of rotatable bonds is 0. The normalized spacial score (nSPS) is 24.0. The van der Waals surface area contributed by atoms with Crippen LogP contribution >= 0.6 is 0 Å². The average Bonchev–Trinajstić information content (AvgIpc) is 3.09. The summed E-state index contributed by atoms with van der Waals surface area (Å²) in [6, 6.07) is 0. The first-order valence-electron chi connectivity index (χ1n) is 21.9. The molecule has 0 aromatic rings. The molecule has 3 aliphatic rings. The van der Waals surface area contributed by atoms with Crippen LogP contribution in [0.25, 0.3) is 0 Å². The van der Waals surface area contributed by atoms with E-state index in [9.17, 15) is 0 Å². The standard InChI is InChI=1S/3C16H28/c3*1-2-4-6-8-10-12-14-16-15-13-11-9-7-5-3-1/h3*1-2,15-16H,3-14H2/b2*2-1+,16-15?;2-1-,16-15?. The van der Waals surface area contributed by atoms with E-state index in [1.54, 1.807) is 0 Å². The maximum atomic E-state index is 2.39. The molecule has 0 heterocycles. The van der Waals surface area contributed by atoms with Gasteiger partial charge in [0.15, 0.2) is 0 Å². The summed E-state index contributed by atoms with van der Waals surface area (Å²) >= 11 is 0. The van der Waals surface area contributed by atoms with Crippen LogP contribution in [0, 0.1) is 0 Å². The van der Waals surface area contributed by atoms with Gasteiger partial charge in [-0.1, -0.05) is 150 Å². The van der Waals surface area contributed by atoms with Crippen molar-refractivity contribution in [2.75, 3.05) is 0 Å². The lowest BCUT2D eigenvalue weighted by Crippen LogP contribution is -1.80. The monoisotopic (exact) mass is 661 g/mol. The third-order valence-corrected chi connectivity index (χ3v) is 9.95. The highest BCUT2D eigenvalue weighted by Gasteiger charge is 1.93. The molecule has 3 aliphatic carbocycles. The third-order valence-electron chi connectivity index (χ3n) is 9.95. The van der Waals surface area contributed by atoms with Crippen molar-refractivity contribution in [2.45, 2.75) is 231 Å². The Bertz CT molecular complexity index is 543. The molecule has 0 N–H and O–H groups in total. The summed E-state index contributed by atoms with van der Waals surface area (Å²) in [6.07, 6.45) is 78.0. The maximum absolute atomic E-state index is 2.39. The van der Waals surface area contributed by atoms with E-state index in [1.165, 1.54) is 231 Å². The SMILES string of the molecule is C1=CCCCCCC/C=C/CCCCCC1.C1=CCCCCCC/C=C/CCCCCC1.C1=CCCCCCC/C=C\CCCCCC1. The first kappa shape index (κ1) is 44.5. The molecule has 0 heteroatoms. The second kappa shape index (κ2) is 41.6. The molecule has 3 rings (SSSR count). The first-order valence-corrected chi connectivity index (χ1v) is 21.9. The van der Waals surface area contributed by atoms with Gasteiger partial charge in [-0.3, -0.25) is 0 Å². The minimum atomic E-state index is 1.30. The lowest BCUT2D eigenvalue weighted by molar-refractivity contribution is 0.638. The third kappa shape index (κ3) is 38.9. The largest absolute Gasteiger partial charge is 0.0885 e. The van der Waals surface area contributed by atoms with Gasteiger partial charge in [-0.25, -0.2) is 0 Å². The van der Waals surface area contributed by atoms with E-state index in [-0.39, 0.29) is 0 Å². The fourth-order valence-corrected chi connectivity index (χ4v) is 6.68. The maximum Gasteiger partial charge on any atom is -0.0351 e. The number of hydrogen-bond acceptors (Lipinski definition) is 0. The van der Waals surface area contributed by atoms with Crippen molar-refractivity contribution in [3.63, 3.8) is 0 Å². The Kier molecular flexibility index (Phi) is 38.5. The van der Waals surface area contributed by atoms with Crippen molar-refractivity contribution in [3.05, 3.63) is 72.9 Å². The van der Waals surface area contributed by atoms with Crippen molar-refractivity contribution in [3.8, 4) is 0 Å². The van der Waals surface area contributed by atoms with Gasteiger partial charge in [0.1, 0.15) is 0 Å². The van der Waals surface area contributed by atoms with Crippen molar-refractivity contribution in [2.24, 2.45) is 0 Å². The molecular weight excluding hydrogens is 577 g/mol. The Morgan fingerprint density at radius 3 is 0.271 bits per heavy atom. The van der Waals surface area contributed by atoms with E-state index in [4.69, 9.17) is 0 Å². The average molecular weight is 661 g/mol. The zero-order valence-corrected chi connectivity index (χ0v) is 32.4. The van der Waals surface area contributed by atoms with Gasteiger partial charge >= 0.3 is 0 Å². The van der Waals surface area contributed by atoms with E-state index in [2.05, 4.69) is 72.9 Å². The predicted octanol–water partition coefficient (Wildman–Crippen LogP) is 17.4. The van der Waals surface area contributed by atoms with Gasteiger partial charge in [-0.05, 0) is 154 Å². The van der Waals surface area contributed by atoms with Crippen molar-refractivity contribution >= 4 is 0 Å². The second-order valence-electron chi connectivity index (χ2n) is 14.8. The van der Waals surface area contributed by atoms with Crippen LogP contribution in [0.5, 0.6) is 0 Å². The molecule has 0 unspecified atom stereocenters. The van der Waals surface area contributed by atoms with E-state index >= 15 is 0 Å². The zero-order chi connectivity index (χ0) is 33.9. The topological polar surface area (TPSA) is 0 Å². The Hall–Kier alpha value is -1.56. The van der Waals surface area contributed by atoms with Crippen LogP contribution in [0.4, 0.5) is 0 Å². The van der Waals surface area contributed by atoms with Crippen LogP contribution in [-0.2, 0) is 0 Å². The molecule has 0 nitrogen and oxygen atoms in total. The molecule has 0 bridgehead atoms. The van der Waals surface area contributed by atoms with Gasteiger partial charge in [0.25, 0.3) is 0 Å². The summed E-state index contributed by atoms with van der Waals surface area (Å²) < 4.78 is 0. The Labute approximate surface area is 303 Å². The summed E-state index contributed by atoms with van der Waals surface area (Å²) in [5, 5.41) is 0. The Balaban J connectivity index is 0.000000360. The lowest BCUT2D eigenvalue weighted by atomic mass is 10.1. The summed E-state index contributed by atoms with van der Waals surface area (Å²) in [5.74, 6) is 0. The summed E-state index contributed by atoms with van der Waals surface area (Å²) in [6.45, 7) is 0. The fourth-order valence-electron chi connectivity index (χ4n) is 6.68. The second-order valence-corrected chi connectivity index (χ2v) is 14.8. The smallest absolute Gasteiger partial charge is 0.0351 e. The molecule has 0 atom stereocenters. The van der Waals surface area contributed by atoms with Gasteiger partial charge in [0, 0.05) is 0 Å². The van der Waals surface area contributed by atoms with Gasteiger partial charge in [-0.15, -0.1) is 0 Å². The van der Waals surface area contributed by atoms with Crippen LogP contribution in [0.15, 0.2) is 72.9 Å². The van der Waals surface area contributed by atoms with E-state index in [1.807, 2.05) is 0 Å². The fraction of sp³-hybridized carbons (Fsp3) is 0.750. The highest BCUT2D eigenvalue weighted by atomic mass is 14.0. The Morgan fingerprint density at radius 2 is 0.188 bits per heavy atom. The predicted molar refractivity (Wildman–Crippen MR) is 221 cm³/mol. The molecule has 0 spiro atoms. The highest BCUT2D eigenvalue weighted by Crippen LogP contribution is 2.13. The van der Waals surface area contributed by atoms with Crippen LogP contribution in [0.2, 0.25) is 0 Å². The van der Waals surface area contributed by atoms with E-state index in [0.717, 1.165) is 0 Å². The zero-order valence-electron chi connectivity index (χ0n) is 32.4. The lowest BCUT2D eigenvalue weighted by Gasteiger charge is -2.00. The van der Waals surface area contributed by atoms with Crippen molar-refractivity contribution in [1.29, 1.82) is 0 Å². The molecule has 0 aromatic carbocycles. The molecule has 0 aliphatic heterocycles. The highest BCUT2D eigenvalue weighted by molar-refractivity contribution is 4.85. The quantitative estimate of drug-likeness (QED) is 0.227. The molecular formula is C48H84. The van der Waals surface area contributed by atoms with Crippen LogP contribution in [-0.4, -0.2) is 0 Å². The molecule has 0 saturated carbocycles. The summed E-state index contributed by atoms with van der Waals surface area (Å²) in [5.41, 5.74) is 0. The minimum Gasteiger partial charge on any atom is -0.0885 e. The number of hydrogen-bond donors (Lipinski definition) is 0. The summed E-state index contributed by atoms with van der Waals surface area (Å²) in [7, 11) is 0. The number of allylic oxidation sites excluding steroid dienone is 12. The molecule has 0 fully saturated rings. The van der Waals surface area contributed by atoms with E-state index < -0.39 is 0 Å². The van der Waals surface area contributed by atoms with Gasteiger partial charge in [0.05, 0.1) is 0 Å². The van der Waals surface area contributed by atoms with Crippen LogP contribution < -0.4 is 0 Å². The van der Waals surface area contributed by atoms with Crippen LogP contribution in [0.3, 0.4) is 0 Å². The first-order chi connectivity index (χ1) is 24.0. The van der Waals surface area contributed by atoms with Gasteiger partial charge < -0.3 is 0 Å². The molecule has 0 amide bonds. The Morgan fingerprint density at radius 1 is 0.104 bits per heavy atom. The molecule has 0 saturated heterocycles. The molecule has 276 valence electrons. The van der Waals surface area contributed by atoms with Crippen LogP contribution in [0.1, 0.15) is 231 Å². The van der Waals surface area contributed by atoms with E-state index in [0.29, 0.717) is 0 Å². The molecule has 48 heavy (non-hydrogen) atoms. The molecule has 0 radical (unpaired) electrons. The van der Waals surface area contributed by atoms with Crippen molar-refractivity contribution in [1.82, 2.24) is 0 Å². The summed E-state index contributed by atoms with van der Waals surface area (Å²) in [4.78, 5) is 0.